The predicted octanol–water partition coefficient (Wildman–Crippen LogP) is 2.53. The molecule has 0 saturated carbocycles. The van der Waals surface area contributed by atoms with Crippen molar-refractivity contribution < 1.29 is 14.8 Å². The van der Waals surface area contributed by atoms with Crippen LogP contribution < -0.4 is 0 Å². The first kappa shape index (κ1) is 14.9. The first-order chi connectivity index (χ1) is 9.43. The number of nitrogens with zero attached hydrogens (tertiary/aromatic N) is 2. The third-order valence-electron chi connectivity index (χ3n) is 3.86. The van der Waals surface area contributed by atoms with Crippen LogP contribution in [0.5, 0.6) is 0 Å². The number of likely N-dealkylation sites (tertiary alicyclic amines) is 1. The summed E-state index contributed by atoms with van der Waals surface area (Å²) in [5.41, 5.74) is -0.987. The number of hydrogen-bond acceptors (Lipinski definition) is 5. The van der Waals surface area contributed by atoms with Crippen LogP contribution in [0.1, 0.15) is 31.1 Å². The van der Waals surface area contributed by atoms with Gasteiger partial charge in [0.05, 0.1) is 4.92 Å². The fourth-order valence-electron chi connectivity index (χ4n) is 2.61. The molecule has 0 radical (unpaired) electrons. The Morgan fingerprint density at radius 2 is 2.10 bits per heavy atom. The molecule has 6 nitrogen and oxygen atoms in total. The molecule has 1 aromatic heterocycles. The summed E-state index contributed by atoms with van der Waals surface area (Å²) in [5.74, 6) is -0.865. The van der Waals surface area contributed by atoms with Crippen molar-refractivity contribution in [3.05, 3.63) is 27.1 Å². The molecule has 1 aliphatic rings. The van der Waals surface area contributed by atoms with Gasteiger partial charge in [0.25, 0.3) is 0 Å². The Hall–Kier alpha value is -1.47. The second-order valence-electron chi connectivity index (χ2n) is 5.30. The molecule has 1 fully saturated rings. The van der Waals surface area contributed by atoms with Crippen LogP contribution in [0.3, 0.4) is 0 Å². The normalized spacial score (nSPS) is 19.4. The molecular weight excluding hydrogens is 280 g/mol. The van der Waals surface area contributed by atoms with E-state index in [0.29, 0.717) is 6.42 Å². The van der Waals surface area contributed by atoms with E-state index in [1.54, 1.807) is 13.0 Å². The number of carbonyl (C=O) groups is 1. The number of carboxylic acids is 1. The zero-order chi connectivity index (χ0) is 14.8. The zero-order valence-corrected chi connectivity index (χ0v) is 12.2. The third-order valence-corrected chi connectivity index (χ3v) is 4.90. The lowest BCUT2D eigenvalue weighted by atomic mass is 9.92. The van der Waals surface area contributed by atoms with Gasteiger partial charge in [-0.05, 0) is 38.9 Å². The Morgan fingerprint density at radius 3 is 2.60 bits per heavy atom. The first-order valence-electron chi connectivity index (χ1n) is 6.65. The Morgan fingerprint density at radius 1 is 1.45 bits per heavy atom. The number of thiophene rings is 1. The molecule has 1 N–H and O–H groups in total. The van der Waals surface area contributed by atoms with Crippen LogP contribution in [-0.4, -0.2) is 39.5 Å². The highest BCUT2D eigenvalue weighted by Crippen LogP contribution is 2.31. The van der Waals surface area contributed by atoms with Gasteiger partial charge in [-0.2, -0.15) is 0 Å². The minimum atomic E-state index is -0.987. The second-order valence-corrected chi connectivity index (χ2v) is 6.45. The smallest absolute Gasteiger partial charge is 0.324 e. The largest absolute Gasteiger partial charge is 0.480 e. The maximum atomic E-state index is 11.7. The van der Waals surface area contributed by atoms with E-state index in [1.807, 2.05) is 4.90 Å². The number of rotatable bonds is 5. The van der Waals surface area contributed by atoms with Crippen molar-refractivity contribution >= 4 is 22.3 Å². The van der Waals surface area contributed by atoms with Crippen LogP contribution in [0.25, 0.3) is 0 Å². The van der Waals surface area contributed by atoms with Gasteiger partial charge in [-0.15, -0.1) is 0 Å². The maximum Gasteiger partial charge on any atom is 0.324 e. The molecule has 0 bridgehead atoms. The van der Waals surface area contributed by atoms with Gasteiger partial charge in [-0.3, -0.25) is 19.8 Å². The number of nitro groups is 1. The molecule has 1 atom stereocenters. The van der Waals surface area contributed by atoms with Gasteiger partial charge in [0.15, 0.2) is 0 Å². The molecule has 0 spiro atoms. The second kappa shape index (κ2) is 5.88. The minimum absolute atomic E-state index is 0.0615. The van der Waals surface area contributed by atoms with E-state index in [1.165, 1.54) is 6.07 Å². The summed E-state index contributed by atoms with van der Waals surface area (Å²) in [6.07, 6.45) is 3.46. The van der Waals surface area contributed by atoms with Gasteiger partial charge < -0.3 is 5.11 Å². The van der Waals surface area contributed by atoms with E-state index in [-0.39, 0.29) is 5.00 Å². The van der Waals surface area contributed by atoms with Crippen molar-refractivity contribution in [3.8, 4) is 0 Å². The summed E-state index contributed by atoms with van der Waals surface area (Å²) < 4.78 is 0. The molecule has 1 aromatic rings. The molecule has 110 valence electrons. The van der Waals surface area contributed by atoms with Crippen molar-refractivity contribution in [1.82, 2.24) is 4.90 Å². The Bertz CT molecular complexity index is 510. The van der Waals surface area contributed by atoms with Gasteiger partial charge >= 0.3 is 11.0 Å². The molecule has 0 aromatic carbocycles. The van der Waals surface area contributed by atoms with E-state index < -0.39 is 16.4 Å². The summed E-state index contributed by atoms with van der Waals surface area (Å²) in [7, 11) is 0. The van der Waals surface area contributed by atoms with E-state index in [4.69, 9.17) is 0 Å². The van der Waals surface area contributed by atoms with Crippen LogP contribution >= 0.6 is 11.3 Å². The highest BCUT2D eigenvalue weighted by molar-refractivity contribution is 7.15. The minimum Gasteiger partial charge on any atom is -0.480 e. The number of carboxylic acid groups (broad SMARTS) is 1. The van der Waals surface area contributed by atoms with Crippen LogP contribution in [0, 0.1) is 10.1 Å². The average Bonchev–Trinajstić information content (AvgIpc) is 2.88. The van der Waals surface area contributed by atoms with E-state index in [0.717, 1.165) is 48.6 Å². The van der Waals surface area contributed by atoms with Crippen molar-refractivity contribution in [1.29, 1.82) is 0 Å². The first-order valence-corrected chi connectivity index (χ1v) is 7.47. The summed E-state index contributed by atoms with van der Waals surface area (Å²) in [6.45, 7) is 3.26. The van der Waals surface area contributed by atoms with Crippen LogP contribution in [0.4, 0.5) is 5.00 Å². The Labute approximate surface area is 121 Å². The van der Waals surface area contributed by atoms with Gasteiger partial charge in [-0.1, -0.05) is 17.8 Å². The van der Waals surface area contributed by atoms with Crippen molar-refractivity contribution in [2.75, 3.05) is 13.1 Å². The Balaban J connectivity index is 2.19. The van der Waals surface area contributed by atoms with E-state index in [9.17, 15) is 20.0 Å². The quantitative estimate of drug-likeness (QED) is 0.667. The van der Waals surface area contributed by atoms with Crippen LogP contribution in [0.2, 0.25) is 0 Å². The number of hydrogen-bond donors (Lipinski definition) is 1. The van der Waals surface area contributed by atoms with Gasteiger partial charge in [-0.25, -0.2) is 0 Å². The summed E-state index contributed by atoms with van der Waals surface area (Å²) in [4.78, 5) is 24.7. The van der Waals surface area contributed by atoms with Crippen molar-refractivity contribution in [2.45, 2.75) is 38.1 Å². The number of aliphatic carboxylic acids is 1. The molecule has 1 saturated heterocycles. The lowest BCUT2D eigenvalue weighted by molar-refractivity contribution is -0.380. The fourth-order valence-corrected chi connectivity index (χ4v) is 3.58. The van der Waals surface area contributed by atoms with E-state index in [2.05, 4.69) is 0 Å². The third kappa shape index (κ3) is 2.99. The van der Waals surface area contributed by atoms with Crippen molar-refractivity contribution in [3.63, 3.8) is 0 Å². The standard InChI is InChI=1S/C13H18N2O4S/c1-13(12(16)17,14-7-3-2-4-8-14)9-10-5-6-11(20-10)15(18)19/h5-6H,2-4,7-9H2,1H3,(H,16,17). The molecule has 2 heterocycles. The topological polar surface area (TPSA) is 83.7 Å². The Kier molecular flexibility index (Phi) is 4.39. The molecule has 1 unspecified atom stereocenters. The summed E-state index contributed by atoms with van der Waals surface area (Å²) >= 11 is 1.06. The fraction of sp³-hybridized carbons (Fsp3) is 0.615. The highest BCUT2D eigenvalue weighted by Gasteiger charge is 2.40. The molecule has 20 heavy (non-hydrogen) atoms. The molecular formula is C13H18N2O4S. The molecule has 0 amide bonds. The summed E-state index contributed by atoms with van der Waals surface area (Å²) in [6, 6.07) is 3.10. The SMILES string of the molecule is CC(Cc1ccc([N+](=O)[O-])s1)(C(=O)O)N1CCCCC1. The molecule has 0 aliphatic carbocycles. The summed E-state index contributed by atoms with van der Waals surface area (Å²) in [5, 5.41) is 20.4. The van der Waals surface area contributed by atoms with Gasteiger partial charge in [0.2, 0.25) is 0 Å². The van der Waals surface area contributed by atoms with Gasteiger partial charge in [0, 0.05) is 17.4 Å². The lowest BCUT2D eigenvalue weighted by Crippen LogP contribution is -2.55. The number of piperidine rings is 1. The van der Waals surface area contributed by atoms with E-state index >= 15 is 0 Å². The average molecular weight is 298 g/mol. The predicted molar refractivity (Wildman–Crippen MR) is 76.1 cm³/mol. The molecule has 1 aliphatic heterocycles. The molecule has 2 rings (SSSR count). The van der Waals surface area contributed by atoms with Crippen molar-refractivity contribution in [2.24, 2.45) is 0 Å². The lowest BCUT2D eigenvalue weighted by Gasteiger charge is -2.40. The zero-order valence-electron chi connectivity index (χ0n) is 11.4. The molecule has 7 heteroatoms. The maximum absolute atomic E-state index is 11.7. The van der Waals surface area contributed by atoms with Gasteiger partial charge in [0.1, 0.15) is 5.54 Å². The van der Waals surface area contributed by atoms with Crippen LogP contribution in [-0.2, 0) is 11.2 Å². The highest BCUT2D eigenvalue weighted by atomic mass is 32.1. The monoisotopic (exact) mass is 298 g/mol. The van der Waals surface area contributed by atoms with Crippen LogP contribution in [0.15, 0.2) is 12.1 Å².